The van der Waals surface area contributed by atoms with Crippen LogP contribution in [0.3, 0.4) is 0 Å². The van der Waals surface area contributed by atoms with Gasteiger partial charge in [0.25, 0.3) is 0 Å². The first-order valence-corrected chi connectivity index (χ1v) is 42.7. The summed E-state index contributed by atoms with van der Waals surface area (Å²) in [5.74, 6) is -1.62. The molecule has 107 heavy (non-hydrogen) atoms. The van der Waals surface area contributed by atoms with E-state index in [9.17, 15) is 75.7 Å². The second-order valence-corrected chi connectivity index (χ2v) is 31.0. The number of esters is 2. The molecule has 0 spiro atoms. The molecule has 4 saturated heterocycles. The Morgan fingerprint density at radius 3 is 1.01 bits per heavy atom. The van der Waals surface area contributed by atoms with Crippen molar-refractivity contribution in [3.05, 3.63) is 0 Å². The number of unbranched alkanes of at least 4 members (excludes halogenated alkanes) is 42. The molecule has 4 aliphatic heterocycles. The average Bonchev–Trinajstić information content (AvgIpc) is 0.774. The first-order chi connectivity index (χ1) is 51.9. The molecule has 0 aliphatic carbocycles. The molecule has 0 bridgehead atoms. The van der Waals surface area contributed by atoms with Crippen LogP contribution in [0.15, 0.2) is 0 Å². The monoisotopic (exact) mass is 1540 g/mol. The molecule has 26 nitrogen and oxygen atoms in total. The molecule has 13 N–H and O–H groups in total. The van der Waals surface area contributed by atoms with Crippen LogP contribution in [0.4, 0.5) is 0 Å². The summed E-state index contributed by atoms with van der Waals surface area (Å²) < 4.78 is 59.3. The van der Waals surface area contributed by atoms with Gasteiger partial charge in [0.05, 0.1) is 33.0 Å². The summed E-state index contributed by atoms with van der Waals surface area (Å²) in [6.07, 6.45) is 16.9. The van der Waals surface area contributed by atoms with Crippen LogP contribution in [0.1, 0.15) is 329 Å². The molecule has 0 aromatic rings. The van der Waals surface area contributed by atoms with E-state index in [-0.39, 0.29) is 19.3 Å². The maximum absolute atomic E-state index is 13.9. The molecule has 0 aromatic carbocycles. The van der Waals surface area contributed by atoms with Crippen molar-refractivity contribution >= 4 is 17.8 Å². The van der Waals surface area contributed by atoms with Gasteiger partial charge in [0.2, 0.25) is 5.91 Å². The third-order valence-electron chi connectivity index (χ3n) is 21.7. The zero-order valence-corrected chi connectivity index (χ0v) is 66.0. The first kappa shape index (κ1) is 97.0. The standard InChI is InChI=1S/C81H151NO25/c1-4-7-10-13-16-19-22-25-28-31-34-37-40-43-46-49-63(85)82-66-71(92)69(90)61(56-101-80-76(97)73(94)70(91)62(106-80)57-100-79-75(96)72(93)67(88)59(52-83)103-79)105-78(66)107-77-74(95)68(89)60(53-84)104-81(77)99-55-58(102-65(87)51-48-45-42-39-36-33-30-27-24-21-18-15-12-9-6-3)54-98-64(86)50-47-44-41-38-35-32-29-26-23-20-17-14-11-8-5-2/h58-62,66-81,83-84,88-97H,4-57H2,1-3H3,(H,82,85)/t58-,59-,60-,61-,62-,66-,67+,68-,69+,70+,71-,72+,73+,74+,75-,76-,77-,78+,79+,80-,81+/m1/s1. The predicted octanol–water partition coefficient (Wildman–Crippen LogP) is 9.64. The number of rotatable bonds is 65. The van der Waals surface area contributed by atoms with Gasteiger partial charge in [0.1, 0.15) is 104 Å². The number of carbonyl (C=O) groups excluding carboxylic acids is 3. The SMILES string of the molecule is CCCCCCCCCCCCCCCCCC(=O)N[C@H]1[C@H](O[C@H]2[C@@H](OC[C@@H](COC(=O)CCCCCCCCCCCCCCCCC)OC(=O)CCCCCCCCCCCCCCCCC)O[C@H](CO)[C@@H](O)[C@@H]2O)O[C@H](CO[C@@H]2O[C@H](CO[C@H]3O[C@H](CO)[C@H](O)[C@H](O)[C@H]3O)[C@H](O)[C@H](O)[C@H]2O)[C@H](O)[C@@H]1O. The zero-order chi connectivity index (χ0) is 77.8. The normalized spacial score (nSPS) is 29.3. The Kier molecular flexibility index (Phi) is 54.6. The molecule has 4 rings (SSSR count). The summed E-state index contributed by atoms with van der Waals surface area (Å²) in [6, 6.07) is -1.61. The van der Waals surface area contributed by atoms with E-state index in [0.717, 1.165) is 83.5 Å². The fraction of sp³-hybridized carbons (Fsp3) is 0.963. The highest BCUT2D eigenvalue weighted by Gasteiger charge is 2.53. The van der Waals surface area contributed by atoms with E-state index in [1.54, 1.807) is 0 Å². The summed E-state index contributed by atoms with van der Waals surface area (Å²) in [5.41, 5.74) is 0. The van der Waals surface area contributed by atoms with Gasteiger partial charge in [0.15, 0.2) is 31.3 Å². The van der Waals surface area contributed by atoms with E-state index in [1.165, 1.54) is 186 Å². The number of carbonyl (C=O) groups is 3. The van der Waals surface area contributed by atoms with Crippen molar-refractivity contribution in [3.63, 3.8) is 0 Å². The molecule has 21 atom stereocenters. The van der Waals surface area contributed by atoms with Gasteiger partial charge < -0.3 is 114 Å². The maximum atomic E-state index is 13.9. The molecule has 0 saturated carbocycles. The molecule has 4 heterocycles. The number of hydrogen-bond donors (Lipinski definition) is 13. The summed E-state index contributed by atoms with van der Waals surface area (Å²) >= 11 is 0. The minimum absolute atomic E-state index is 0.00454. The fourth-order valence-electron chi connectivity index (χ4n) is 14.6. The molecule has 1 amide bonds. The zero-order valence-electron chi connectivity index (χ0n) is 66.0. The lowest BCUT2D eigenvalue weighted by Gasteiger charge is -2.47. The fourth-order valence-corrected chi connectivity index (χ4v) is 14.6. The summed E-state index contributed by atoms with van der Waals surface area (Å²) in [4.78, 5) is 40.8. The molecule has 0 radical (unpaired) electrons. The maximum Gasteiger partial charge on any atom is 0.306 e. The minimum atomic E-state index is -1.97. The molecule has 0 aromatic heterocycles. The second-order valence-electron chi connectivity index (χ2n) is 31.0. The van der Waals surface area contributed by atoms with Gasteiger partial charge in [0, 0.05) is 19.3 Å². The molecule has 0 unspecified atom stereocenters. The summed E-state index contributed by atoms with van der Waals surface area (Å²) in [7, 11) is 0. The van der Waals surface area contributed by atoms with Gasteiger partial charge in [-0.05, 0) is 19.3 Å². The van der Waals surface area contributed by atoms with E-state index < -0.39 is 186 Å². The highest BCUT2D eigenvalue weighted by molar-refractivity contribution is 5.76. The third-order valence-corrected chi connectivity index (χ3v) is 21.7. The van der Waals surface area contributed by atoms with Crippen LogP contribution in [0.25, 0.3) is 0 Å². The van der Waals surface area contributed by atoms with Crippen molar-refractivity contribution in [2.24, 2.45) is 0 Å². The van der Waals surface area contributed by atoms with E-state index in [2.05, 4.69) is 26.1 Å². The summed E-state index contributed by atoms with van der Waals surface area (Å²) in [5, 5.41) is 134. The van der Waals surface area contributed by atoms with Gasteiger partial charge in [-0.15, -0.1) is 0 Å². The van der Waals surface area contributed by atoms with Crippen LogP contribution in [-0.2, 0) is 61.8 Å². The number of aliphatic hydroxyl groups excluding tert-OH is 12. The van der Waals surface area contributed by atoms with Crippen molar-refractivity contribution in [1.29, 1.82) is 0 Å². The van der Waals surface area contributed by atoms with Gasteiger partial charge >= 0.3 is 11.9 Å². The van der Waals surface area contributed by atoms with Crippen molar-refractivity contribution in [3.8, 4) is 0 Å². The highest BCUT2D eigenvalue weighted by Crippen LogP contribution is 2.33. The van der Waals surface area contributed by atoms with Crippen molar-refractivity contribution in [2.75, 3.05) is 39.6 Å². The Morgan fingerprint density at radius 1 is 0.318 bits per heavy atom. The number of ether oxygens (including phenoxy) is 10. The number of nitrogens with one attached hydrogen (secondary N) is 1. The molecular formula is C81H151NO25. The van der Waals surface area contributed by atoms with Crippen LogP contribution in [0.5, 0.6) is 0 Å². The Morgan fingerprint density at radius 2 is 0.626 bits per heavy atom. The topological polar surface area (TPSA) is 398 Å². The Bertz CT molecular complexity index is 2180. The van der Waals surface area contributed by atoms with E-state index in [0.29, 0.717) is 19.3 Å². The number of aliphatic hydroxyl groups is 12. The van der Waals surface area contributed by atoms with Crippen LogP contribution < -0.4 is 5.32 Å². The highest BCUT2D eigenvalue weighted by atomic mass is 16.8. The third kappa shape index (κ3) is 39.5. The van der Waals surface area contributed by atoms with Crippen LogP contribution >= 0.6 is 0 Å². The summed E-state index contributed by atoms with van der Waals surface area (Å²) in [6.45, 7) is 2.72. The van der Waals surface area contributed by atoms with Crippen molar-refractivity contribution in [1.82, 2.24) is 5.32 Å². The Hall–Kier alpha value is -2.39. The van der Waals surface area contributed by atoms with Crippen LogP contribution in [0.2, 0.25) is 0 Å². The Balaban J connectivity index is 1.46. The average molecular weight is 1540 g/mol. The smallest absolute Gasteiger partial charge is 0.306 e. The minimum Gasteiger partial charge on any atom is -0.462 e. The lowest BCUT2D eigenvalue weighted by Crippen LogP contribution is -2.68. The second kappa shape index (κ2) is 60.2. The van der Waals surface area contributed by atoms with E-state index in [1.807, 2.05) is 0 Å². The van der Waals surface area contributed by atoms with Gasteiger partial charge in [-0.25, -0.2) is 0 Å². The Labute approximate surface area is 641 Å². The number of hydrogen-bond acceptors (Lipinski definition) is 25. The molecule has 630 valence electrons. The number of amides is 1. The predicted molar refractivity (Wildman–Crippen MR) is 403 cm³/mol. The molecule has 4 fully saturated rings. The van der Waals surface area contributed by atoms with E-state index >= 15 is 0 Å². The van der Waals surface area contributed by atoms with Gasteiger partial charge in [-0.3, -0.25) is 14.4 Å². The first-order valence-electron chi connectivity index (χ1n) is 42.7. The van der Waals surface area contributed by atoms with Crippen molar-refractivity contribution in [2.45, 2.75) is 458 Å². The molecule has 4 aliphatic rings. The van der Waals surface area contributed by atoms with Crippen molar-refractivity contribution < 1.29 is 123 Å². The molecule has 26 heteroatoms. The van der Waals surface area contributed by atoms with Crippen LogP contribution in [0, 0.1) is 0 Å². The van der Waals surface area contributed by atoms with Gasteiger partial charge in [-0.1, -0.05) is 290 Å². The largest absolute Gasteiger partial charge is 0.462 e. The van der Waals surface area contributed by atoms with E-state index in [4.69, 9.17) is 47.4 Å². The molecular weight excluding hydrogens is 1390 g/mol. The quantitative estimate of drug-likeness (QED) is 0.0199. The lowest BCUT2D eigenvalue weighted by atomic mass is 9.95. The lowest BCUT2D eigenvalue weighted by molar-refractivity contribution is -0.363. The van der Waals surface area contributed by atoms with Crippen LogP contribution in [-0.4, -0.2) is 248 Å². The van der Waals surface area contributed by atoms with Gasteiger partial charge in [-0.2, -0.15) is 0 Å².